The van der Waals surface area contributed by atoms with Crippen LogP contribution >= 0.6 is 0 Å². The molecule has 0 bridgehead atoms. The summed E-state index contributed by atoms with van der Waals surface area (Å²) in [6.07, 6.45) is 6.52. The third-order valence-corrected chi connectivity index (χ3v) is 5.52. The van der Waals surface area contributed by atoms with Crippen LogP contribution in [0.5, 0.6) is 0 Å². The molecule has 2 rings (SSSR count). The number of nitrogens with one attached hydrogen (secondary N) is 3. The summed E-state index contributed by atoms with van der Waals surface area (Å²) < 4.78 is 0. The fraction of sp³-hybridized carbons (Fsp3) is 0.433. The van der Waals surface area contributed by atoms with Gasteiger partial charge in [0.05, 0.1) is 28.9 Å². The summed E-state index contributed by atoms with van der Waals surface area (Å²) in [7, 11) is 5.59. The molecule has 0 aliphatic heterocycles. The summed E-state index contributed by atoms with van der Waals surface area (Å²) in [5.74, 6) is 6.90. The van der Waals surface area contributed by atoms with Crippen LogP contribution in [0.4, 0.5) is 17.5 Å². The molecule has 1 heterocycles. The number of aromatic nitrogens is 2. The second-order valence-corrected chi connectivity index (χ2v) is 10.3. The van der Waals surface area contributed by atoms with Crippen LogP contribution in [0, 0.1) is 23.2 Å². The van der Waals surface area contributed by atoms with Gasteiger partial charge < -0.3 is 25.8 Å². The van der Waals surface area contributed by atoms with Crippen molar-refractivity contribution in [1.82, 2.24) is 25.1 Å². The van der Waals surface area contributed by atoms with Crippen molar-refractivity contribution in [3.8, 4) is 17.9 Å². The highest BCUT2D eigenvalue weighted by atomic mass is 16.2. The molecule has 0 atom stereocenters. The Bertz CT molecular complexity index is 1270. The van der Waals surface area contributed by atoms with Crippen molar-refractivity contribution in [3.63, 3.8) is 0 Å². The third-order valence-electron chi connectivity index (χ3n) is 5.52. The first kappa shape index (κ1) is 31.8. The fourth-order valence-electron chi connectivity index (χ4n) is 3.64. The predicted molar refractivity (Wildman–Crippen MR) is 159 cm³/mol. The zero-order chi connectivity index (χ0) is 29.5. The smallest absolute Gasteiger partial charge is 0.246 e. The number of nitrogens with zero attached hydrogens (tertiary/aromatic N) is 5. The van der Waals surface area contributed by atoms with Gasteiger partial charge in [-0.2, -0.15) is 10.2 Å². The first-order valence-corrected chi connectivity index (χ1v) is 13.3. The van der Waals surface area contributed by atoms with E-state index in [0.717, 1.165) is 18.7 Å². The molecule has 3 N–H and O–H groups in total. The van der Waals surface area contributed by atoms with Gasteiger partial charge in [-0.15, -0.1) is 0 Å². The van der Waals surface area contributed by atoms with Crippen molar-refractivity contribution >= 4 is 29.3 Å². The molecular formula is C30H40N8O2. The molecule has 0 unspecified atom stereocenters. The van der Waals surface area contributed by atoms with Gasteiger partial charge in [0.2, 0.25) is 17.8 Å². The van der Waals surface area contributed by atoms with Gasteiger partial charge in [-0.1, -0.05) is 24.8 Å². The quantitative estimate of drug-likeness (QED) is 0.258. The van der Waals surface area contributed by atoms with Crippen LogP contribution in [-0.4, -0.2) is 77.9 Å². The summed E-state index contributed by atoms with van der Waals surface area (Å²) in [6.45, 7) is 7.62. The molecule has 40 heavy (non-hydrogen) atoms. The summed E-state index contributed by atoms with van der Waals surface area (Å²) in [6, 6.07) is 9.12. The summed E-state index contributed by atoms with van der Waals surface area (Å²) in [4.78, 5) is 37.4. The van der Waals surface area contributed by atoms with E-state index in [4.69, 9.17) is 5.26 Å². The van der Waals surface area contributed by atoms with Crippen molar-refractivity contribution in [2.75, 3.05) is 51.4 Å². The van der Waals surface area contributed by atoms with Crippen molar-refractivity contribution in [2.24, 2.45) is 0 Å². The molecular weight excluding hydrogens is 504 g/mol. The number of hydrogen-bond acceptors (Lipinski definition) is 8. The Morgan fingerprint density at radius 2 is 1.88 bits per heavy atom. The van der Waals surface area contributed by atoms with Gasteiger partial charge >= 0.3 is 0 Å². The Morgan fingerprint density at radius 3 is 2.52 bits per heavy atom. The maximum absolute atomic E-state index is 12.6. The molecule has 0 radical (unpaired) electrons. The molecule has 0 saturated carbocycles. The number of anilines is 3. The van der Waals surface area contributed by atoms with Crippen LogP contribution < -0.4 is 16.0 Å². The Labute approximate surface area is 237 Å². The largest absolute Gasteiger partial charge is 0.369 e. The van der Waals surface area contributed by atoms with Gasteiger partial charge in [0.15, 0.2) is 0 Å². The summed E-state index contributed by atoms with van der Waals surface area (Å²) in [5.41, 5.74) is 1.39. The Hall–Kier alpha value is -4.41. The minimum absolute atomic E-state index is 0.108. The lowest BCUT2D eigenvalue weighted by Crippen LogP contribution is -2.51. The van der Waals surface area contributed by atoms with Crippen LogP contribution in [-0.2, 0) is 9.59 Å². The minimum Gasteiger partial charge on any atom is -0.369 e. The van der Waals surface area contributed by atoms with Crippen molar-refractivity contribution in [1.29, 1.82) is 5.26 Å². The van der Waals surface area contributed by atoms with E-state index in [2.05, 4.69) is 50.8 Å². The normalized spacial score (nSPS) is 10.9. The van der Waals surface area contributed by atoms with Gasteiger partial charge in [-0.05, 0) is 58.6 Å². The molecule has 2 amide bonds. The molecule has 0 fully saturated rings. The molecule has 0 aliphatic rings. The van der Waals surface area contributed by atoms with Crippen molar-refractivity contribution in [2.45, 2.75) is 45.6 Å². The highest BCUT2D eigenvalue weighted by Gasteiger charge is 2.23. The van der Waals surface area contributed by atoms with Crippen LogP contribution in [0.15, 0.2) is 42.6 Å². The molecule has 0 spiro atoms. The minimum atomic E-state index is -0.590. The number of nitriles is 1. The van der Waals surface area contributed by atoms with E-state index in [1.807, 2.05) is 38.9 Å². The van der Waals surface area contributed by atoms with E-state index < -0.39 is 5.54 Å². The highest BCUT2D eigenvalue weighted by Crippen LogP contribution is 2.18. The number of benzene rings is 1. The molecule has 10 heteroatoms. The first-order chi connectivity index (χ1) is 19.0. The topological polar surface area (TPSA) is 126 Å². The lowest BCUT2D eigenvalue weighted by Gasteiger charge is -2.31. The number of carbonyl (C=O) groups excluding carboxylic acids is 2. The number of carbonyl (C=O) groups is 2. The van der Waals surface area contributed by atoms with Gasteiger partial charge in [0.25, 0.3) is 0 Å². The molecule has 0 saturated heterocycles. The van der Waals surface area contributed by atoms with E-state index in [1.165, 1.54) is 0 Å². The number of rotatable bonds is 13. The van der Waals surface area contributed by atoms with Crippen molar-refractivity contribution in [3.05, 3.63) is 53.7 Å². The van der Waals surface area contributed by atoms with E-state index in [9.17, 15) is 9.59 Å². The Kier molecular flexibility index (Phi) is 12.6. The van der Waals surface area contributed by atoms with Crippen molar-refractivity contribution < 1.29 is 9.59 Å². The third kappa shape index (κ3) is 11.5. The van der Waals surface area contributed by atoms with Crippen LogP contribution in [0.2, 0.25) is 0 Å². The maximum atomic E-state index is 12.6. The summed E-state index contributed by atoms with van der Waals surface area (Å²) in [5, 5.41) is 18.4. The van der Waals surface area contributed by atoms with Crippen LogP contribution in [0.25, 0.3) is 0 Å². The second-order valence-electron chi connectivity index (χ2n) is 10.3. The number of amides is 2. The Morgan fingerprint density at radius 1 is 1.15 bits per heavy atom. The molecule has 10 nitrogen and oxygen atoms in total. The second kappa shape index (κ2) is 15.9. The molecule has 212 valence electrons. The Balaban J connectivity index is 1.95. The zero-order valence-electron chi connectivity index (χ0n) is 24.3. The molecule has 2 aromatic rings. The average molecular weight is 545 g/mol. The standard InChI is InChI=1S/C30H40N8O2/c1-7-18-32-28-24(21-33-29(35-28)34-25-16-14-23(20-31)15-17-25)11-8-9-12-26(39)36-30(2,3)22-38(6)27(40)13-10-19-37(4)5/h10,13-17,21H,7,9,12,18-19,22H2,1-6H3,(H,36,39)(H2,32,33,34,35)/b13-10+. The number of hydrogen-bond donors (Lipinski definition) is 3. The lowest BCUT2D eigenvalue weighted by molar-refractivity contribution is -0.127. The van der Waals surface area contributed by atoms with E-state index in [0.29, 0.717) is 42.4 Å². The van der Waals surface area contributed by atoms with Gasteiger partial charge in [-0.3, -0.25) is 9.59 Å². The average Bonchev–Trinajstić information content (AvgIpc) is 2.90. The van der Waals surface area contributed by atoms with E-state index >= 15 is 0 Å². The first-order valence-electron chi connectivity index (χ1n) is 13.3. The summed E-state index contributed by atoms with van der Waals surface area (Å²) >= 11 is 0. The van der Waals surface area contributed by atoms with Crippen LogP contribution in [0.3, 0.4) is 0 Å². The monoisotopic (exact) mass is 544 g/mol. The van der Waals surface area contributed by atoms with E-state index in [-0.39, 0.29) is 18.2 Å². The van der Waals surface area contributed by atoms with Gasteiger partial charge in [0, 0.05) is 51.3 Å². The lowest BCUT2D eigenvalue weighted by atomic mass is 10.0. The van der Waals surface area contributed by atoms with Gasteiger partial charge in [-0.25, -0.2) is 4.98 Å². The molecule has 0 aliphatic carbocycles. The molecule has 1 aromatic heterocycles. The van der Waals surface area contributed by atoms with E-state index in [1.54, 1.807) is 48.5 Å². The zero-order valence-corrected chi connectivity index (χ0v) is 24.3. The fourth-order valence-corrected chi connectivity index (χ4v) is 3.64. The molecule has 1 aromatic carbocycles. The number of likely N-dealkylation sites (N-methyl/N-ethyl adjacent to an activating group) is 2. The van der Waals surface area contributed by atoms with Gasteiger partial charge in [0.1, 0.15) is 5.82 Å². The predicted octanol–water partition coefficient (Wildman–Crippen LogP) is 3.52. The maximum Gasteiger partial charge on any atom is 0.246 e. The SMILES string of the molecule is CCCNc1nc(Nc2ccc(C#N)cc2)ncc1C#CCCC(=O)NC(C)(C)CN(C)C(=O)/C=C/CN(C)C. The van der Waals surface area contributed by atoms with Crippen LogP contribution in [0.1, 0.15) is 51.2 Å². The highest BCUT2D eigenvalue weighted by molar-refractivity contribution is 5.87.